The van der Waals surface area contributed by atoms with Gasteiger partial charge in [-0.25, -0.2) is 4.98 Å². The van der Waals surface area contributed by atoms with E-state index in [9.17, 15) is 5.11 Å². The molecule has 2 aromatic heterocycles. The third-order valence-corrected chi connectivity index (χ3v) is 4.79. The van der Waals surface area contributed by atoms with Gasteiger partial charge in [0.05, 0.1) is 18.1 Å². The first-order valence-electron chi connectivity index (χ1n) is 7.73. The fourth-order valence-corrected chi connectivity index (χ4v) is 3.41. The molecule has 0 radical (unpaired) electrons. The molecule has 0 bridgehead atoms. The Kier molecular flexibility index (Phi) is 3.83. The van der Waals surface area contributed by atoms with Gasteiger partial charge in [0.15, 0.2) is 0 Å². The fraction of sp³-hybridized carbons (Fsp3) is 0.500. The van der Waals surface area contributed by atoms with Crippen molar-refractivity contribution in [1.29, 1.82) is 0 Å². The summed E-state index contributed by atoms with van der Waals surface area (Å²) in [6, 6.07) is 1.95. The normalized spacial score (nSPS) is 24.3. The number of aliphatic hydroxyl groups excluding tert-OH is 1. The number of ether oxygens (including phenoxy) is 1. The van der Waals surface area contributed by atoms with Crippen LogP contribution in [0.25, 0.3) is 11.1 Å². The zero-order chi connectivity index (χ0) is 15.9. The lowest BCUT2D eigenvalue weighted by molar-refractivity contribution is -0.118. The van der Waals surface area contributed by atoms with Crippen molar-refractivity contribution in [3.05, 3.63) is 40.8 Å². The van der Waals surface area contributed by atoms with Crippen LogP contribution in [0.4, 0.5) is 0 Å². The smallest absolute Gasteiger partial charge is 0.226 e. The Bertz CT molecular complexity index is 727. The van der Waals surface area contributed by atoms with Crippen LogP contribution >= 0.6 is 0 Å². The third kappa shape index (κ3) is 2.18. The van der Waals surface area contributed by atoms with Crippen LogP contribution in [0.5, 0.6) is 0 Å². The largest absolute Gasteiger partial charge is 0.446 e. The summed E-state index contributed by atoms with van der Waals surface area (Å²) < 4.78 is 11.3. The summed E-state index contributed by atoms with van der Waals surface area (Å²) in [6.07, 6.45) is 5.31. The highest BCUT2D eigenvalue weighted by atomic mass is 16.5. The van der Waals surface area contributed by atoms with E-state index in [-0.39, 0.29) is 0 Å². The van der Waals surface area contributed by atoms with E-state index in [1.807, 2.05) is 19.9 Å². The molecule has 0 aromatic carbocycles. The van der Waals surface area contributed by atoms with Crippen LogP contribution in [0.1, 0.15) is 43.5 Å². The topological polar surface area (TPSA) is 55.5 Å². The Balaban J connectivity index is 2.24. The molecular weight excluding hydrogens is 278 g/mol. The molecule has 3 rings (SSSR count). The summed E-state index contributed by atoms with van der Waals surface area (Å²) in [7, 11) is 1.65. The first kappa shape index (κ1) is 15.3. The molecule has 22 heavy (non-hydrogen) atoms. The lowest BCUT2D eigenvalue weighted by Gasteiger charge is -2.41. The molecule has 2 aromatic rings. The molecule has 0 saturated carbocycles. The number of aromatic nitrogens is 1. The molecular formula is C18H23NO3. The summed E-state index contributed by atoms with van der Waals surface area (Å²) >= 11 is 0. The van der Waals surface area contributed by atoms with Crippen LogP contribution in [-0.2, 0) is 16.8 Å². The van der Waals surface area contributed by atoms with E-state index in [0.29, 0.717) is 18.6 Å². The van der Waals surface area contributed by atoms with Crippen LogP contribution in [0.2, 0.25) is 0 Å². The number of hydrogen-bond donors (Lipinski definition) is 1. The highest BCUT2D eigenvalue weighted by Gasteiger charge is 2.45. The van der Waals surface area contributed by atoms with Crippen LogP contribution < -0.4 is 0 Å². The molecule has 118 valence electrons. The summed E-state index contributed by atoms with van der Waals surface area (Å²) in [5, 5.41) is 11.7. The average molecular weight is 301 g/mol. The van der Waals surface area contributed by atoms with Gasteiger partial charge in [-0.1, -0.05) is 11.6 Å². The molecule has 2 unspecified atom stereocenters. The maximum atomic E-state index is 10.7. The van der Waals surface area contributed by atoms with Gasteiger partial charge in [0.1, 0.15) is 5.60 Å². The van der Waals surface area contributed by atoms with Crippen molar-refractivity contribution in [1.82, 2.24) is 4.98 Å². The number of furan rings is 1. The van der Waals surface area contributed by atoms with Gasteiger partial charge < -0.3 is 14.3 Å². The molecule has 0 fully saturated rings. The van der Waals surface area contributed by atoms with Gasteiger partial charge in [0.2, 0.25) is 5.71 Å². The van der Waals surface area contributed by atoms with Gasteiger partial charge in [0.25, 0.3) is 0 Å². The Morgan fingerprint density at radius 2 is 2.32 bits per heavy atom. The van der Waals surface area contributed by atoms with Crippen molar-refractivity contribution in [2.24, 2.45) is 0 Å². The lowest BCUT2D eigenvalue weighted by Crippen LogP contribution is -2.46. The second-order valence-electron chi connectivity index (χ2n) is 6.34. The molecule has 2 heterocycles. The number of aryl methyl sites for hydroxylation is 1. The number of methoxy groups -OCH3 is 1. The minimum atomic E-state index is -0.795. The van der Waals surface area contributed by atoms with E-state index in [1.54, 1.807) is 13.4 Å². The minimum absolute atomic E-state index is 0.570. The molecule has 1 aliphatic rings. The summed E-state index contributed by atoms with van der Waals surface area (Å²) in [4.78, 5) is 4.71. The minimum Gasteiger partial charge on any atom is -0.446 e. The predicted octanol–water partition coefficient (Wildman–Crippen LogP) is 3.64. The lowest BCUT2D eigenvalue weighted by atomic mass is 9.76. The Morgan fingerprint density at radius 3 is 3.00 bits per heavy atom. The average Bonchev–Trinajstić information content (AvgIpc) is 2.95. The number of allylic oxidation sites excluding steroid dienone is 1. The highest BCUT2D eigenvalue weighted by Crippen LogP contribution is 2.43. The maximum Gasteiger partial charge on any atom is 0.226 e. The van der Waals surface area contributed by atoms with Crippen molar-refractivity contribution < 1.29 is 14.3 Å². The van der Waals surface area contributed by atoms with Crippen molar-refractivity contribution in [2.45, 2.75) is 51.7 Å². The molecule has 2 atom stereocenters. The zero-order valence-electron chi connectivity index (χ0n) is 13.6. The van der Waals surface area contributed by atoms with Gasteiger partial charge in [-0.3, -0.25) is 0 Å². The van der Waals surface area contributed by atoms with Gasteiger partial charge in [-0.05, 0) is 50.8 Å². The first-order valence-corrected chi connectivity index (χ1v) is 7.73. The third-order valence-electron chi connectivity index (χ3n) is 4.79. The Hall–Kier alpha value is -1.65. The van der Waals surface area contributed by atoms with E-state index in [2.05, 4.69) is 13.0 Å². The first-order chi connectivity index (χ1) is 10.5. The molecule has 4 heteroatoms. The molecule has 0 spiro atoms. The van der Waals surface area contributed by atoms with Gasteiger partial charge >= 0.3 is 0 Å². The molecule has 1 N–H and O–H groups in total. The van der Waals surface area contributed by atoms with Crippen LogP contribution in [0, 0.1) is 6.92 Å². The molecule has 4 nitrogen and oxygen atoms in total. The quantitative estimate of drug-likeness (QED) is 0.879. The van der Waals surface area contributed by atoms with Crippen molar-refractivity contribution in [3.63, 3.8) is 0 Å². The van der Waals surface area contributed by atoms with Crippen LogP contribution in [0.15, 0.2) is 28.4 Å². The Morgan fingerprint density at radius 1 is 1.55 bits per heavy atom. The van der Waals surface area contributed by atoms with E-state index < -0.39 is 11.7 Å². The standard InChI is InChI=1S/C18H23NO3/c1-11(2)7-9-18(21-4)15(20)6-5-13-12(3)14-8-10-22-17(14)19-16(13)18/h7-8,10,15,20H,5-6,9H2,1-4H3. The fourth-order valence-electron chi connectivity index (χ4n) is 3.41. The molecule has 0 saturated heterocycles. The van der Waals surface area contributed by atoms with Crippen LogP contribution in [-0.4, -0.2) is 23.3 Å². The summed E-state index contributed by atoms with van der Waals surface area (Å²) in [5.74, 6) is 0. The molecule has 1 aliphatic carbocycles. The van der Waals surface area contributed by atoms with E-state index in [0.717, 1.165) is 17.5 Å². The Labute approximate surface area is 130 Å². The van der Waals surface area contributed by atoms with Gasteiger partial charge in [-0.2, -0.15) is 0 Å². The number of nitrogens with zero attached hydrogens (tertiary/aromatic N) is 1. The predicted molar refractivity (Wildman–Crippen MR) is 85.8 cm³/mol. The monoisotopic (exact) mass is 301 g/mol. The number of hydrogen-bond acceptors (Lipinski definition) is 4. The molecule has 0 aliphatic heterocycles. The zero-order valence-corrected chi connectivity index (χ0v) is 13.6. The van der Waals surface area contributed by atoms with Crippen molar-refractivity contribution in [3.8, 4) is 0 Å². The second-order valence-corrected chi connectivity index (χ2v) is 6.34. The second kappa shape index (κ2) is 5.52. The van der Waals surface area contributed by atoms with Crippen LogP contribution in [0.3, 0.4) is 0 Å². The summed E-state index contributed by atoms with van der Waals surface area (Å²) in [6.45, 7) is 6.19. The number of fused-ring (bicyclic) bond motifs is 2. The maximum absolute atomic E-state index is 10.7. The van der Waals surface area contributed by atoms with E-state index >= 15 is 0 Å². The highest BCUT2D eigenvalue weighted by molar-refractivity contribution is 5.79. The van der Waals surface area contributed by atoms with Gasteiger partial charge in [0, 0.05) is 18.9 Å². The van der Waals surface area contributed by atoms with Crippen molar-refractivity contribution >= 4 is 11.1 Å². The number of rotatable bonds is 3. The SMILES string of the molecule is COC1(CC=C(C)C)c2nc3occc3c(C)c2CCC1O. The van der Waals surface area contributed by atoms with E-state index in [1.165, 1.54) is 16.7 Å². The van der Waals surface area contributed by atoms with Crippen molar-refractivity contribution in [2.75, 3.05) is 7.11 Å². The van der Waals surface area contributed by atoms with E-state index in [4.69, 9.17) is 14.1 Å². The molecule has 0 amide bonds. The number of aliphatic hydroxyl groups is 1. The number of pyridine rings is 1. The van der Waals surface area contributed by atoms with Gasteiger partial charge in [-0.15, -0.1) is 0 Å². The summed E-state index contributed by atoms with van der Waals surface area (Å²) in [5.41, 5.74) is 4.21.